The zero-order chi connectivity index (χ0) is 50.0. The Hall–Kier alpha value is -2.37. The van der Waals surface area contributed by atoms with Gasteiger partial charge in [-0.3, -0.25) is 14.4 Å². The van der Waals surface area contributed by atoms with Crippen LogP contribution in [-0.2, 0) is 28.6 Å². The minimum atomic E-state index is -0.765. The molecule has 0 spiro atoms. The van der Waals surface area contributed by atoms with Gasteiger partial charge in [0, 0.05) is 19.3 Å². The molecule has 0 radical (unpaired) electrons. The van der Waals surface area contributed by atoms with Crippen molar-refractivity contribution in [1.29, 1.82) is 0 Å². The van der Waals surface area contributed by atoms with Gasteiger partial charge in [-0.1, -0.05) is 288 Å². The smallest absolute Gasteiger partial charge is 0.306 e. The highest BCUT2D eigenvalue weighted by atomic mass is 16.6. The third kappa shape index (κ3) is 56.4. The SMILES string of the molecule is CCCCCCC/C=C\C/C=C\C/C=C\CCCCCCCCCCCCCCCCC(=O)OCC(COC(=O)CCCCCCCCCC)OC(=O)CCCCCCCCCCCCCCCC. The molecule has 0 aromatic heterocycles. The Labute approximate surface area is 429 Å². The number of unbranched alkanes of at least 4 members (excludes halogenated alkanes) is 39. The third-order valence-electron chi connectivity index (χ3n) is 13.6. The number of carbonyl (C=O) groups is 3. The molecule has 6 heteroatoms. The van der Waals surface area contributed by atoms with Crippen LogP contribution in [0.25, 0.3) is 0 Å². The first-order valence-electron chi connectivity index (χ1n) is 30.5. The lowest BCUT2D eigenvalue weighted by Gasteiger charge is -2.18. The van der Waals surface area contributed by atoms with Crippen molar-refractivity contribution in [3.05, 3.63) is 36.5 Å². The molecule has 0 fully saturated rings. The summed E-state index contributed by atoms with van der Waals surface area (Å²) in [5, 5.41) is 0. The highest BCUT2D eigenvalue weighted by Gasteiger charge is 2.19. The Morgan fingerprint density at radius 1 is 0.290 bits per heavy atom. The summed E-state index contributed by atoms with van der Waals surface area (Å²) in [5.74, 6) is -0.853. The summed E-state index contributed by atoms with van der Waals surface area (Å²) in [4.78, 5) is 38.0. The first-order chi connectivity index (χ1) is 34.0. The van der Waals surface area contributed by atoms with Crippen molar-refractivity contribution in [1.82, 2.24) is 0 Å². The Morgan fingerprint density at radius 3 is 0.812 bits per heavy atom. The van der Waals surface area contributed by atoms with Gasteiger partial charge in [0.2, 0.25) is 0 Å². The van der Waals surface area contributed by atoms with Gasteiger partial charge in [-0.25, -0.2) is 0 Å². The predicted octanol–water partition coefficient (Wildman–Crippen LogP) is 20.4. The number of hydrogen-bond donors (Lipinski definition) is 0. The van der Waals surface area contributed by atoms with E-state index < -0.39 is 6.10 Å². The van der Waals surface area contributed by atoms with E-state index in [1.165, 1.54) is 218 Å². The van der Waals surface area contributed by atoms with Crippen LogP contribution in [0.15, 0.2) is 36.5 Å². The molecule has 0 saturated heterocycles. The summed E-state index contributed by atoms with van der Waals surface area (Å²) in [5.41, 5.74) is 0. The molecule has 0 N–H and O–H groups in total. The maximum absolute atomic E-state index is 12.8. The molecule has 0 amide bonds. The maximum atomic E-state index is 12.8. The molecule has 0 aliphatic carbocycles. The highest BCUT2D eigenvalue weighted by Crippen LogP contribution is 2.17. The molecule has 0 aliphatic heterocycles. The second kappa shape index (κ2) is 58.2. The van der Waals surface area contributed by atoms with E-state index >= 15 is 0 Å². The van der Waals surface area contributed by atoms with E-state index in [4.69, 9.17) is 14.2 Å². The third-order valence-corrected chi connectivity index (χ3v) is 13.6. The summed E-state index contributed by atoms with van der Waals surface area (Å²) in [6.07, 6.45) is 70.2. The lowest BCUT2D eigenvalue weighted by molar-refractivity contribution is -0.167. The van der Waals surface area contributed by atoms with E-state index in [-0.39, 0.29) is 31.1 Å². The minimum absolute atomic E-state index is 0.0670. The van der Waals surface area contributed by atoms with E-state index in [0.29, 0.717) is 19.3 Å². The Bertz CT molecular complexity index is 1160. The van der Waals surface area contributed by atoms with Gasteiger partial charge in [0.25, 0.3) is 0 Å². The number of esters is 3. The first-order valence-corrected chi connectivity index (χ1v) is 30.5. The average Bonchev–Trinajstić information content (AvgIpc) is 3.35. The first kappa shape index (κ1) is 66.6. The molecule has 6 nitrogen and oxygen atoms in total. The molecule has 0 aliphatic rings. The van der Waals surface area contributed by atoms with Gasteiger partial charge in [-0.05, 0) is 57.8 Å². The quantitative estimate of drug-likeness (QED) is 0.0261. The van der Waals surface area contributed by atoms with E-state index in [9.17, 15) is 14.4 Å². The van der Waals surface area contributed by atoms with Crippen molar-refractivity contribution < 1.29 is 28.6 Å². The zero-order valence-corrected chi connectivity index (χ0v) is 46.3. The molecule has 0 rings (SSSR count). The van der Waals surface area contributed by atoms with E-state index in [1.54, 1.807) is 0 Å². The van der Waals surface area contributed by atoms with Crippen LogP contribution in [0.1, 0.15) is 329 Å². The van der Waals surface area contributed by atoms with Crippen molar-refractivity contribution in [2.24, 2.45) is 0 Å². The zero-order valence-electron chi connectivity index (χ0n) is 46.3. The topological polar surface area (TPSA) is 78.9 Å². The normalized spacial score (nSPS) is 12.2. The molecule has 0 aromatic rings. The van der Waals surface area contributed by atoms with Crippen molar-refractivity contribution in [2.45, 2.75) is 335 Å². The van der Waals surface area contributed by atoms with Crippen molar-refractivity contribution in [2.75, 3.05) is 13.2 Å². The molecule has 404 valence electrons. The van der Waals surface area contributed by atoms with Crippen molar-refractivity contribution in [3.8, 4) is 0 Å². The van der Waals surface area contributed by atoms with Crippen molar-refractivity contribution in [3.63, 3.8) is 0 Å². The van der Waals surface area contributed by atoms with Gasteiger partial charge in [0.1, 0.15) is 13.2 Å². The minimum Gasteiger partial charge on any atom is -0.462 e. The Balaban J connectivity index is 4.07. The standard InChI is InChI=1S/C63H116O6/c1-4-7-10-13-16-19-21-23-25-26-27-28-29-30-31-32-33-34-35-36-37-38-39-41-42-44-47-50-53-56-62(65)68-59-60(58-67-61(64)55-52-49-46-18-15-12-9-6-3)69-63(66)57-54-51-48-45-43-40-24-22-20-17-14-11-8-5-2/h21,23,26-27,29-30,60H,4-20,22,24-25,28,31-59H2,1-3H3/b23-21-,27-26-,30-29-. The van der Waals surface area contributed by atoms with Crippen LogP contribution < -0.4 is 0 Å². The number of rotatable bonds is 56. The van der Waals surface area contributed by atoms with Crippen LogP contribution in [0.4, 0.5) is 0 Å². The Kier molecular flexibility index (Phi) is 56.2. The summed E-state index contributed by atoms with van der Waals surface area (Å²) in [6, 6.07) is 0. The molecule has 1 atom stereocenters. The summed E-state index contributed by atoms with van der Waals surface area (Å²) in [7, 11) is 0. The van der Waals surface area contributed by atoms with Gasteiger partial charge in [0.05, 0.1) is 0 Å². The molecule has 0 aromatic carbocycles. The summed E-state index contributed by atoms with van der Waals surface area (Å²) < 4.78 is 16.8. The monoisotopic (exact) mass is 969 g/mol. The number of hydrogen-bond acceptors (Lipinski definition) is 6. The molecular weight excluding hydrogens is 853 g/mol. The van der Waals surface area contributed by atoms with Crippen molar-refractivity contribution >= 4 is 17.9 Å². The number of carbonyl (C=O) groups excluding carboxylic acids is 3. The predicted molar refractivity (Wildman–Crippen MR) is 298 cm³/mol. The van der Waals surface area contributed by atoms with E-state index in [1.807, 2.05) is 0 Å². The van der Waals surface area contributed by atoms with Crippen LogP contribution >= 0.6 is 0 Å². The average molecular weight is 970 g/mol. The number of allylic oxidation sites excluding steroid dienone is 6. The lowest BCUT2D eigenvalue weighted by atomic mass is 10.0. The fourth-order valence-corrected chi connectivity index (χ4v) is 9.04. The number of ether oxygens (including phenoxy) is 3. The van der Waals surface area contributed by atoms with Crippen LogP contribution in [0, 0.1) is 0 Å². The summed E-state index contributed by atoms with van der Waals surface area (Å²) >= 11 is 0. The Morgan fingerprint density at radius 2 is 0.522 bits per heavy atom. The fourth-order valence-electron chi connectivity index (χ4n) is 9.04. The fraction of sp³-hybridized carbons (Fsp3) is 0.857. The van der Waals surface area contributed by atoms with E-state index in [0.717, 1.165) is 70.6 Å². The van der Waals surface area contributed by atoms with Gasteiger partial charge < -0.3 is 14.2 Å². The maximum Gasteiger partial charge on any atom is 0.306 e. The molecule has 0 heterocycles. The van der Waals surface area contributed by atoms with Crippen LogP contribution in [-0.4, -0.2) is 37.2 Å². The largest absolute Gasteiger partial charge is 0.462 e. The van der Waals surface area contributed by atoms with Gasteiger partial charge >= 0.3 is 17.9 Å². The second-order valence-corrected chi connectivity index (χ2v) is 20.6. The van der Waals surface area contributed by atoms with Crippen LogP contribution in [0.2, 0.25) is 0 Å². The molecule has 69 heavy (non-hydrogen) atoms. The molecular formula is C63H116O6. The highest BCUT2D eigenvalue weighted by molar-refractivity contribution is 5.71. The lowest BCUT2D eigenvalue weighted by Crippen LogP contribution is -2.30. The molecule has 0 bridgehead atoms. The second-order valence-electron chi connectivity index (χ2n) is 20.6. The van der Waals surface area contributed by atoms with Crippen LogP contribution in [0.5, 0.6) is 0 Å². The van der Waals surface area contributed by atoms with Crippen LogP contribution in [0.3, 0.4) is 0 Å². The van der Waals surface area contributed by atoms with E-state index in [2.05, 4.69) is 57.2 Å². The summed E-state index contributed by atoms with van der Waals surface area (Å²) in [6.45, 7) is 6.64. The van der Waals surface area contributed by atoms with Gasteiger partial charge in [0.15, 0.2) is 6.10 Å². The molecule has 0 saturated carbocycles. The molecule has 1 unspecified atom stereocenters. The van der Waals surface area contributed by atoms with Gasteiger partial charge in [-0.2, -0.15) is 0 Å². The van der Waals surface area contributed by atoms with Gasteiger partial charge in [-0.15, -0.1) is 0 Å².